The van der Waals surface area contributed by atoms with Gasteiger partial charge in [-0.1, -0.05) is 12.1 Å². The summed E-state index contributed by atoms with van der Waals surface area (Å²) in [5, 5.41) is 2.77. The third kappa shape index (κ3) is 2.10. The van der Waals surface area contributed by atoms with Crippen molar-refractivity contribution in [1.29, 1.82) is 0 Å². The number of nitrogens with one attached hydrogen (secondary N) is 2. The summed E-state index contributed by atoms with van der Waals surface area (Å²) >= 11 is 0. The van der Waals surface area contributed by atoms with Crippen molar-refractivity contribution in [3.8, 4) is 5.69 Å². The highest BCUT2D eigenvalue weighted by Gasteiger charge is 2.12. The molecule has 0 fully saturated rings. The van der Waals surface area contributed by atoms with E-state index in [1.807, 2.05) is 0 Å². The van der Waals surface area contributed by atoms with E-state index in [9.17, 15) is 14.0 Å². The number of nitrogens with zero attached hydrogens (tertiary/aromatic N) is 1. The molecule has 3 aromatic rings. The lowest BCUT2D eigenvalue weighted by Crippen LogP contribution is -2.33. The van der Waals surface area contributed by atoms with Crippen LogP contribution in [0.1, 0.15) is 0 Å². The molecule has 21 heavy (non-hydrogen) atoms. The topological polar surface area (TPSA) is 66.9 Å². The first-order chi connectivity index (χ1) is 10.1. The number of hydrogen-bond donors (Lipinski definition) is 2. The second kappa shape index (κ2) is 4.90. The van der Waals surface area contributed by atoms with Crippen molar-refractivity contribution >= 4 is 16.6 Å². The number of aromatic nitrogens is 2. The predicted molar refractivity (Wildman–Crippen MR) is 78.5 cm³/mol. The molecule has 1 radical (unpaired) electrons. The van der Waals surface area contributed by atoms with Gasteiger partial charge in [0.1, 0.15) is 5.82 Å². The van der Waals surface area contributed by atoms with Crippen LogP contribution >= 0.6 is 0 Å². The Hall–Kier alpha value is -2.89. The van der Waals surface area contributed by atoms with Gasteiger partial charge in [-0.3, -0.25) is 4.79 Å². The molecule has 0 aliphatic rings. The third-order valence-corrected chi connectivity index (χ3v) is 3.21. The van der Waals surface area contributed by atoms with Gasteiger partial charge in [0.2, 0.25) is 0 Å². The Kier molecular flexibility index (Phi) is 3.06. The molecule has 0 saturated heterocycles. The second-order valence-corrected chi connectivity index (χ2v) is 4.46. The fourth-order valence-corrected chi connectivity index (χ4v) is 2.19. The van der Waals surface area contributed by atoms with Crippen molar-refractivity contribution < 1.29 is 4.39 Å². The standard InChI is InChI=1S/C15H11FN3O2/c1-17-13-8-12-10(7-11(13)16)14(20)19(15(21)18-12)9-5-3-2-4-6-9/h3-8,17H,1H3,(H,18,21). The molecule has 5 nitrogen and oxygen atoms in total. The lowest BCUT2D eigenvalue weighted by Gasteiger charge is -2.08. The first kappa shape index (κ1) is 13.1. The summed E-state index contributed by atoms with van der Waals surface area (Å²) in [5.41, 5.74) is -0.243. The van der Waals surface area contributed by atoms with Crippen molar-refractivity contribution in [1.82, 2.24) is 9.55 Å². The summed E-state index contributed by atoms with van der Waals surface area (Å²) in [6, 6.07) is 11.7. The molecule has 0 spiro atoms. The van der Waals surface area contributed by atoms with E-state index in [4.69, 9.17) is 0 Å². The highest BCUT2D eigenvalue weighted by atomic mass is 19.1. The smallest absolute Gasteiger partial charge is 0.333 e. The van der Waals surface area contributed by atoms with Crippen LogP contribution < -0.4 is 16.6 Å². The average molecular weight is 284 g/mol. The van der Waals surface area contributed by atoms with Crippen LogP contribution in [0.5, 0.6) is 0 Å². The van der Waals surface area contributed by atoms with Gasteiger partial charge in [-0.25, -0.2) is 13.8 Å². The SMILES string of the molecule is CNc1cc2[nH]c(=O)n(-c3cc[c]cc3)c(=O)c2cc1F. The molecule has 0 unspecified atom stereocenters. The van der Waals surface area contributed by atoms with Gasteiger partial charge >= 0.3 is 5.69 Å². The molecule has 2 aromatic carbocycles. The lowest BCUT2D eigenvalue weighted by atomic mass is 10.2. The zero-order valence-electron chi connectivity index (χ0n) is 11.1. The fourth-order valence-electron chi connectivity index (χ4n) is 2.19. The summed E-state index contributed by atoms with van der Waals surface area (Å²) < 4.78 is 14.8. The van der Waals surface area contributed by atoms with Crippen molar-refractivity contribution in [2.45, 2.75) is 0 Å². The van der Waals surface area contributed by atoms with E-state index in [1.165, 1.54) is 6.07 Å². The van der Waals surface area contributed by atoms with Crippen LogP contribution in [0.25, 0.3) is 16.6 Å². The van der Waals surface area contributed by atoms with Gasteiger partial charge in [0.25, 0.3) is 5.56 Å². The Morgan fingerprint density at radius 3 is 2.62 bits per heavy atom. The van der Waals surface area contributed by atoms with Crippen LogP contribution in [0.15, 0.2) is 46.0 Å². The molecule has 0 amide bonds. The van der Waals surface area contributed by atoms with Gasteiger partial charge in [0.05, 0.1) is 22.3 Å². The predicted octanol–water partition coefficient (Wildman–Crippen LogP) is 1.66. The van der Waals surface area contributed by atoms with Crippen molar-refractivity contribution in [2.24, 2.45) is 0 Å². The van der Waals surface area contributed by atoms with E-state index in [1.54, 1.807) is 31.3 Å². The molecule has 0 atom stereocenters. The van der Waals surface area contributed by atoms with Crippen LogP contribution in [-0.4, -0.2) is 16.6 Å². The van der Waals surface area contributed by atoms with Crippen LogP contribution in [-0.2, 0) is 0 Å². The van der Waals surface area contributed by atoms with E-state index < -0.39 is 17.1 Å². The number of halogens is 1. The van der Waals surface area contributed by atoms with Crippen molar-refractivity contribution in [3.63, 3.8) is 0 Å². The zero-order chi connectivity index (χ0) is 15.0. The van der Waals surface area contributed by atoms with Crippen LogP contribution in [0.2, 0.25) is 0 Å². The Balaban J connectivity index is 2.40. The normalized spacial score (nSPS) is 10.8. The molecule has 0 bridgehead atoms. The van der Waals surface area contributed by atoms with E-state index in [-0.39, 0.29) is 16.6 Å². The number of hydrogen-bond acceptors (Lipinski definition) is 3. The molecule has 1 heterocycles. The molecule has 0 saturated carbocycles. The molecule has 0 aliphatic carbocycles. The zero-order valence-corrected chi connectivity index (χ0v) is 11.1. The van der Waals surface area contributed by atoms with Gasteiger partial charge in [0, 0.05) is 7.05 Å². The maximum absolute atomic E-state index is 13.8. The minimum Gasteiger partial charge on any atom is -0.386 e. The van der Waals surface area contributed by atoms with Gasteiger partial charge in [-0.05, 0) is 30.3 Å². The number of rotatable bonds is 2. The molecular weight excluding hydrogens is 273 g/mol. The number of aromatic amines is 1. The Morgan fingerprint density at radius 1 is 1.24 bits per heavy atom. The Morgan fingerprint density at radius 2 is 1.95 bits per heavy atom. The largest absolute Gasteiger partial charge is 0.386 e. The summed E-state index contributed by atoms with van der Waals surface area (Å²) in [6.07, 6.45) is 0. The molecule has 2 N–H and O–H groups in total. The summed E-state index contributed by atoms with van der Waals surface area (Å²) in [7, 11) is 1.56. The average Bonchev–Trinajstić information content (AvgIpc) is 2.49. The molecule has 1 aromatic heterocycles. The maximum atomic E-state index is 13.8. The first-order valence-electron chi connectivity index (χ1n) is 6.24. The molecular formula is C15H11FN3O2. The van der Waals surface area contributed by atoms with Gasteiger partial charge < -0.3 is 10.3 Å². The van der Waals surface area contributed by atoms with Gasteiger partial charge in [0.15, 0.2) is 0 Å². The van der Waals surface area contributed by atoms with E-state index in [2.05, 4.69) is 16.4 Å². The lowest BCUT2D eigenvalue weighted by molar-refractivity contribution is 0.632. The highest BCUT2D eigenvalue weighted by Crippen LogP contribution is 2.18. The van der Waals surface area contributed by atoms with Crippen LogP contribution in [0.4, 0.5) is 10.1 Å². The minimum absolute atomic E-state index is 0.110. The van der Waals surface area contributed by atoms with E-state index >= 15 is 0 Å². The van der Waals surface area contributed by atoms with E-state index in [0.717, 1.165) is 10.6 Å². The van der Waals surface area contributed by atoms with Crippen molar-refractivity contribution in [3.05, 3.63) is 69.1 Å². The Labute approximate surface area is 118 Å². The molecule has 0 aliphatic heterocycles. The van der Waals surface area contributed by atoms with Gasteiger partial charge in [-0.2, -0.15) is 0 Å². The number of benzene rings is 2. The van der Waals surface area contributed by atoms with Crippen LogP contribution in [0.3, 0.4) is 0 Å². The van der Waals surface area contributed by atoms with Crippen LogP contribution in [0, 0.1) is 11.9 Å². The molecule has 105 valence electrons. The summed E-state index contributed by atoms with van der Waals surface area (Å²) in [5.74, 6) is -0.554. The minimum atomic E-state index is -0.577. The number of fused-ring (bicyclic) bond motifs is 1. The maximum Gasteiger partial charge on any atom is 0.333 e. The molecule has 6 heteroatoms. The quantitative estimate of drug-likeness (QED) is 0.752. The Bertz CT molecular complexity index is 929. The number of anilines is 1. The molecule has 3 rings (SSSR count). The highest BCUT2D eigenvalue weighted by molar-refractivity contribution is 5.81. The second-order valence-electron chi connectivity index (χ2n) is 4.46. The van der Waals surface area contributed by atoms with E-state index in [0.29, 0.717) is 5.69 Å². The monoisotopic (exact) mass is 284 g/mol. The number of H-pyrrole nitrogens is 1. The summed E-state index contributed by atoms with van der Waals surface area (Å²) in [4.78, 5) is 27.2. The first-order valence-corrected chi connectivity index (χ1v) is 6.24. The third-order valence-electron chi connectivity index (χ3n) is 3.21. The van der Waals surface area contributed by atoms with Gasteiger partial charge in [-0.15, -0.1) is 0 Å². The summed E-state index contributed by atoms with van der Waals surface area (Å²) in [6.45, 7) is 0. The fraction of sp³-hybridized carbons (Fsp3) is 0.0667. The van der Waals surface area contributed by atoms with Crippen molar-refractivity contribution in [2.75, 3.05) is 12.4 Å².